The van der Waals surface area contributed by atoms with Crippen molar-refractivity contribution in [2.24, 2.45) is 0 Å². The smallest absolute Gasteiger partial charge is 0.368 e. The summed E-state index contributed by atoms with van der Waals surface area (Å²) in [5, 5.41) is 0. The van der Waals surface area contributed by atoms with Gasteiger partial charge in [0.25, 0.3) is 0 Å². The van der Waals surface area contributed by atoms with Gasteiger partial charge < -0.3 is 9.80 Å². The van der Waals surface area contributed by atoms with Crippen molar-refractivity contribution in [2.45, 2.75) is 13.1 Å². The molecular formula is C23H21F3N4O. The fourth-order valence-corrected chi connectivity index (χ4v) is 3.62. The number of benzene rings is 2. The van der Waals surface area contributed by atoms with Crippen LogP contribution in [-0.4, -0.2) is 41.9 Å². The Balaban J connectivity index is 1.48. The quantitative estimate of drug-likeness (QED) is 0.567. The molecule has 1 aromatic heterocycles. The summed E-state index contributed by atoms with van der Waals surface area (Å²) in [6.07, 6.45) is -1.02. The van der Waals surface area contributed by atoms with Gasteiger partial charge in [-0.2, -0.15) is 13.2 Å². The van der Waals surface area contributed by atoms with Crippen LogP contribution in [-0.2, 0) is 6.18 Å². The van der Waals surface area contributed by atoms with Crippen molar-refractivity contribution in [3.05, 3.63) is 72.1 Å². The Morgan fingerprint density at radius 2 is 1.65 bits per heavy atom. The summed E-state index contributed by atoms with van der Waals surface area (Å²) in [4.78, 5) is 24.7. The molecule has 0 N–H and O–H groups in total. The summed E-state index contributed by atoms with van der Waals surface area (Å²) in [5.41, 5.74) is 2.01. The number of carbonyl (C=O) groups is 1. The molecule has 0 spiro atoms. The minimum absolute atomic E-state index is 0.0170. The molecule has 0 unspecified atom stereocenters. The molecule has 5 nitrogen and oxygen atoms in total. The Morgan fingerprint density at radius 3 is 2.35 bits per heavy atom. The van der Waals surface area contributed by atoms with E-state index in [9.17, 15) is 18.0 Å². The average molecular weight is 426 g/mol. The number of Topliss-reactive ketones (excluding diaryl/α,β-unsaturated/α-hetero) is 1. The number of anilines is 2. The summed E-state index contributed by atoms with van der Waals surface area (Å²) in [5.74, 6) is 0.686. The number of ketones is 1. The highest BCUT2D eigenvalue weighted by molar-refractivity contribution is 5.95. The van der Waals surface area contributed by atoms with Gasteiger partial charge in [-0.1, -0.05) is 24.3 Å². The van der Waals surface area contributed by atoms with E-state index >= 15 is 0 Å². The third-order valence-corrected chi connectivity index (χ3v) is 5.33. The molecule has 3 aromatic rings. The number of halogens is 3. The topological polar surface area (TPSA) is 49.3 Å². The molecule has 4 rings (SSSR count). The zero-order chi connectivity index (χ0) is 22.0. The van der Waals surface area contributed by atoms with Crippen LogP contribution in [0.2, 0.25) is 0 Å². The normalized spacial score (nSPS) is 14.6. The molecule has 2 aromatic carbocycles. The monoisotopic (exact) mass is 426 g/mol. The highest BCUT2D eigenvalue weighted by Crippen LogP contribution is 2.32. The van der Waals surface area contributed by atoms with Gasteiger partial charge in [0.05, 0.1) is 23.7 Å². The standard InChI is InChI=1S/C23H21F3N4O/c1-16(31)17-4-2-5-18(12-17)21-14-27-15-22(28-21)30-10-8-29(9-11-30)20-7-3-6-19(13-20)23(24,25)26/h2-7,12-15H,8-11H2,1H3. The Hall–Kier alpha value is -3.42. The van der Waals surface area contributed by atoms with Crippen LogP contribution in [0.4, 0.5) is 24.7 Å². The zero-order valence-electron chi connectivity index (χ0n) is 16.9. The first-order chi connectivity index (χ1) is 14.8. The number of carbonyl (C=O) groups excluding carboxylic acids is 1. The average Bonchev–Trinajstić information content (AvgIpc) is 2.79. The van der Waals surface area contributed by atoms with E-state index in [-0.39, 0.29) is 5.78 Å². The number of aromatic nitrogens is 2. The summed E-state index contributed by atoms with van der Waals surface area (Å²) < 4.78 is 39.0. The molecule has 160 valence electrons. The third-order valence-electron chi connectivity index (χ3n) is 5.33. The van der Waals surface area contributed by atoms with Gasteiger partial charge in [0.1, 0.15) is 5.82 Å². The van der Waals surface area contributed by atoms with Crippen molar-refractivity contribution in [3.8, 4) is 11.3 Å². The number of nitrogens with zero attached hydrogens (tertiary/aromatic N) is 4. The largest absolute Gasteiger partial charge is 0.416 e. The fraction of sp³-hybridized carbons (Fsp3) is 0.261. The molecule has 0 radical (unpaired) electrons. The number of rotatable bonds is 4. The highest BCUT2D eigenvalue weighted by atomic mass is 19.4. The molecule has 0 aliphatic carbocycles. The third kappa shape index (κ3) is 4.68. The molecule has 0 atom stereocenters. The van der Waals surface area contributed by atoms with Crippen LogP contribution in [0.1, 0.15) is 22.8 Å². The molecule has 31 heavy (non-hydrogen) atoms. The van der Waals surface area contributed by atoms with Gasteiger partial charge in [-0.05, 0) is 31.2 Å². The lowest BCUT2D eigenvalue weighted by atomic mass is 10.1. The van der Waals surface area contributed by atoms with Crippen LogP contribution in [0.25, 0.3) is 11.3 Å². The lowest BCUT2D eigenvalue weighted by molar-refractivity contribution is -0.137. The van der Waals surface area contributed by atoms with Crippen LogP contribution < -0.4 is 9.80 Å². The van der Waals surface area contributed by atoms with Gasteiger partial charge in [0.15, 0.2) is 5.78 Å². The summed E-state index contributed by atoms with van der Waals surface area (Å²) >= 11 is 0. The number of hydrogen-bond acceptors (Lipinski definition) is 5. The lowest BCUT2D eigenvalue weighted by Gasteiger charge is -2.36. The van der Waals surface area contributed by atoms with Crippen LogP contribution in [0.5, 0.6) is 0 Å². The van der Waals surface area contributed by atoms with Gasteiger partial charge in [0.2, 0.25) is 0 Å². The Bertz CT molecular complexity index is 1090. The Kier molecular flexibility index (Phi) is 5.63. The van der Waals surface area contributed by atoms with E-state index in [1.54, 1.807) is 30.6 Å². The second-order valence-corrected chi connectivity index (χ2v) is 7.42. The predicted molar refractivity (Wildman–Crippen MR) is 113 cm³/mol. The van der Waals surface area contributed by atoms with E-state index in [0.29, 0.717) is 48.9 Å². The van der Waals surface area contributed by atoms with Crippen molar-refractivity contribution in [1.29, 1.82) is 0 Å². The first kappa shape index (κ1) is 20.8. The molecule has 0 bridgehead atoms. The van der Waals surface area contributed by atoms with Gasteiger partial charge in [-0.25, -0.2) is 4.98 Å². The van der Waals surface area contributed by atoms with E-state index < -0.39 is 11.7 Å². The van der Waals surface area contributed by atoms with Gasteiger partial charge >= 0.3 is 6.18 Å². The Morgan fingerprint density at radius 1 is 0.935 bits per heavy atom. The summed E-state index contributed by atoms with van der Waals surface area (Å²) in [6, 6.07) is 12.7. The lowest BCUT2D eigenvalue weighted by Crippen LogP contribution is -2.47. The highest BCUT2D eigenvalue weighted by Gasteiger charge is 2.31. The van der Waals surface area contributed by atoms with Gasteiger partial charge in [0, 0.05) is 43.0 Å². The number of piperazine rings is 1. The predicted octanol–water partition coefficient (Wildman–Crippen LogP) is 4.69. The van der Waals surface area contributed by atoms with Crippen molar-refractivity contribution >= 4 is 17.3 Å². The van der Waals surface area contributed by atoms with E-state index in [0.717, 1.165) is 11.6 Å². The molecule has 1 saturated heterocycles. The van der Waals surface area contributed by atoms with Crippen LogP contribution in [0.15, 0.2) is 60.9 Å². The maximum Gasteiger partial charge on any atom is 0.416 e. The summed E-state index contributed by atoms with van der Waals surface area (Å²) in [6.45, 7) is 3.90. The van der Waals surface area contributed by atoms with E-state index in [1.165, 1.54) is 19.1 Å². The van der Waals surface area contributed by atoms with Crippen molar-refractivity contribution in [1.82, 2.24) is 9.97 Å². The van der Waals surface area contributed by atoms with Gasteiger partial charge in [-0.15, -0.1) is 0 Å². The number of hydrogen-bond donors (Lipinski definition) is 0. The molecule has 1 fully saturated rings. The molecule has 8 heteroatoms. The molecule has 0 saturated carbocycles. The zero-order valence-corrected chi connectivity index (χ0v) is 16.9. The van der Waals surface area contributed by atoms with E-state index in [2.05, 4.69) is 9.88 Å². The van der Waals surface area contributed by atoms with Crippen molar-refractivity contribution in [3.63, 3.8) is 0 Å². The molecule has 1 aliphatic rings. The molecule has 2 heterocycles. The number of alkyl halides is 3. The second-order valence-electron chi connectivity index (χ2n) is 7.42. The van der Waals surface area contributed by atoms with E-state index in [1.807, 2.05) is 17.0 Å². The first-order valence-corrected chi connectivity index (χ1v) is 9.92. The molecule has 0 amide bonds. The minimum Gasteiger partial charge on any atom is -0.368 e. The van der Waals surface area contributed by atoms with Gasteiger partial charge in [-0.3, -0.25) is 9.78 Å². The van der Waals surface area contributed by atoms with Crippen LogP contribution in [0.3, 0.4) is 0 Å². The summed E-state index contributed by atoms with van der Waals surface area (Å²) in [7, 11) is 0. The first-order valence-electron chi connectivity index (χ1n) is 9.92. The van der Waals surface area contributed by atoms with Crippen LogP contribution >= 0.6 is 0 Å². The minimum atomic E-state index is -4.35. The SMILES string of the molecule is CC(=O)c1cccc(-c2cncc(N3CCN(c4cccc(C(F)(F)F)c4)CC3)n2)c1. The van der Waals surface area contributed by atoms with E-state index in [4.69, 9.17) is 4.98 Å². The molecular weight excluding hydrogens is 405 g/mol. The van der Waals surface area contributed by atoms with Crippen molar-refractivity contribution < 1.29 is 18.0 Å². The maximum absolute atomic E-state index is 13.0. The second kappa shape index (κ2) is 8.37. The maximum atomic E-state index is 13.0. The van der Waals surface area contributed by atoms with Crippen LogP contribution in [0, 0.1) is 0 Å². The van der Waals surface area contributed by atoms with Crippen molar-refractivity contribution in [2.75, 3.05) is 36.0 Å². The fourth-order valence-electron chi connectivity index (χ4n) is 3.62. The Labute approximate surface area is 178 Å². The molecule has 1 aliphatic heterocycles.